The standard InChI is InChI=1S/C19H17N7O/c1-14-12-18(26(23-14)17-4-2-3-8-21-17)22-19(27)13-25-11-7-16(24-25)15-5-9-20-10-6-15/h2-12H,13H2,1H3,(H,22,27). The van der Waals surface area contributed by atoms with Crippen LogP contribution in [0.2, 0.25) is 0 Å². The molecule has 1 N–H and O–H groups in total. The number of hydrogen-bond acceptors (Lipinski definition) is 5. The van der Waals surface area contributed by atoms with Gasteiger partial charge in [-0.15, -0.1) is 0 Å². The van der Waals surface area contributed by atoms with E-state index in [0.29, 0.717) is 11.6 Å². The maximum absolute atomic E-state index is 12.5. The molecule has 0 aliphatic rings. The van der Waals surface area contributed by atoms with Gasteiger partial charge in [0, 0.05) is 36.4 Å². The number of carbonyl (C=O) groups is 1. The fourth-order valence-electron chi connectivity index (χ4n) is 2.70. The average molecular weight is 359 g/mol. The zero-order valence-electron chi connectivity index (χ0n) is 14.6. The van der Waals surface area contributed by atoms with E-state index >= 15 is 0 Å². The van der Waals surface area contributed by atoms with Gasteiger partial charge in [0.2, 0.25) is 5.91 Å². The van der Waals surface area contributed by atoms with E-state index in [1.54, 1.807) is 40.2 Å². The van der Waals surface area contributed by atoms with Crippen molar-refractivity contribution < 1.29 is 4.79 Å². The van der Waals surface area contributed by atoms with E-state index in [1.807, 2.05) is 43.3 Å². The number of pyridine rings is 2. The van der Waals surface area contributed by atoms with Gasteiger partial charge in [0.15, 0.2) is 5.82 Å². The van der Waals surface area contributed by atoms with Crippen LogP contribution in [0.3, 0.4) is 0 Å². The van der Waals surface area contributed by atoms with Gasteiger partial charge in [0.1, 0.15) is 12.4 Å². The summed E-state index contributed by atoms with van der Waals surface area (Å²) in [5.74, 6) is 1.01. The highest BCUT2D eigenvalue weighted by Crippen LogP contribution is 2.17. The van der Waals surface area contributed by atoms with Gasteiger partial charge < -0.3 is 5.32 Å². The Bertz CT molecular complexity index is 1050. The summed E-state index contributed by atoms with van der Waals surface area (Å²) in [5, 5.41) is 11.7. The number of nitrogens with one attached hydrogen (secondary N) is 1. The Kier molecular flexibility index (Phi) is 4.44. The van der Waals surface area contributed by atoms with Gasteiger partial charge in [-0.05, 0) is 37.3 Å². The van der Waals surface area contributed by atoms with Crippen molar-refractivity contribution in [3.05, 3.63) is 72.9 Å². The Morgan fingerprint density at radius 1 is 1.07 bits per heavy atom. The minimum atomic E-state index is -0.198. The summed E-state index contributed by atoms with van der Waals surface area (Å²) in [6.07, 6.45) is 6.88. The number of amides is 1. The summed E-state index contributed by atoms with van der Waals surface area (Å²) < 4.78 is 3.21. The molecule has 0 fully saturated rings. The predicted molar refractivity (Wildman–Crippen MR) is 100 cm³/mol. The number of nitrogens with zero attached hydrogens (tertiary/aromatic N) is 6. The molecule has 0 radical (unpaired) electrons. The molecule has 0 saturated carbocycles. The fraction of sp³-hybridized carbons (Fsp3) is 0.105. The minimum Gasteiger partial charge on any atom is -0.309 e. The zero-order valence-corrected chi connectivity index (χ0v) is 14.6. The normalized spacial score (nSPS) is 10.7. The fourth-order valence-corrected chi connectivity index (χ4v) is 2.70. The van der Waals surface area contributed by atoms with Crippen LogP contribution in [0.15, 0.2) is 67.3 Å². The smallest absolute Gasteiger partial charge is 0.247 e. The third-order valence-electron chi connectivity index (χ3n) is 3.89. The van der Waals surface area contributed by atoms with Gasteiger partial charge in [0.05, 0.1) is 11.4 Å². The second-order valence-electron chi connectivity index (χ2n) is 5.95. The number of aromatic nitrogens is 6. The van der Waals surface area contributed by atoms with E-state index in [9.17, 15) is 4.79 Å². The van der Waals surface area contributed by atoms with E-state index in [4.69, 9.17) is 0 Å². The molecule has 134 valence electrons. The van der Waals surface area contributed by atoms with Gasteiger partial charge in [-0.25, -0.2) is 4.98 Å². The Morgan fingerprint density at radius 2 is 1.93 bits per heavy atom. The highest BCUT2D eigenvalue weighted by atomic mass is 16.2. The van der Waals surface area contributed by atoms with Crippen molar-refractivity contribution in [1.82, 2.24) is 29.5 Å². The molecule has 8 nitrogen and oxygen atoms in total. The number of carbonyl (C=O) groups excluding carboxylic acids is 1. The quantitative estimate of drug-likeness (QED) is 0.591. The molecular formula is C19H17N7O. The topological polar surface area (TPSA) is 90.5 Å². The summed E-state index contributed by atoms with van der Waals surface area (Å²) in [6.45, 7) is 1.96. The van der Waals surface area contributed by atoms with Gasteiger partial charge in [-0.3, -0.25) is 14.5 Å². The predicted octanol–water partition coefficient (Wildman–Crippen LogP) is 2.47. The Labute approximate surface area is 155 Å². The van der Waals surface area contributed by atoms with Crippen LogP contribution in [0.25, 0.3) is 17.1 Å². The lowest BCUT2D eigenvalue weighted by atomic mass is 10.2. The first-order valence-electron chi connectivity index (χ1n) is 8.41. The summed E-state index contributed by atoms with van der Waals surface area (Å²) in [5.41, 5.74) is 2.53. The molecule has 4 aromatic rings. The van der Waals surface area contributed by atoms with Gasteiger partial charge >= 0.3 is 0 Å². The van der Waals surface area contributed by atoms with Crippen LogP contribution < -0.4 is 5.32 Å². The molecule has 4 aromatic heterocycles. The van der Waals surface area contributed by atoms with Crippen molar-refractivity contribution >= 4 is 11.7 Å². The van der Waals surface area contributed by atoms with Crippen LogP contribution >= 0.6 is 0 Å². The van der Waals surface area contributed by atoms with Crippen LogP contribution in [0.4, 0.5) is 5.82 Å². The third-order valence-corrected chi connectivity index (χ3v) is 3.89. The molecule has 0 aliphatic heterocycles. The summed E-state index contributed by atoms with van der Waals surface area (Å²) in [6, 6.07) is 13.0. The van der Waals surface area contributed by atoms with E-state index in [1.165, 1.54) is 0 Å². The van der Waals surface area contributed by atoms with E-state index in [0.717, 1.165) is 17.0 Å². The number of hydrogen-bond donors (Lipinski definition) is 1. The van der Waals surface area contributed by atoms with Crippen LogP contribution in [-0.2, 0) is 11.3 Å². The zero-order chi connectivity index (χ0) is 18.6. The van der Waals surface area contributed by atoms with Crippen molar-refractivity contribution in [3.8, 4) is 17.1 Å². The molecule has 0 bridgehead atoms. The van der Waals surface area contributed by atoms with E-state index < -0.39 is 0 Å². The van der Waals surface area contributed by atoms with Gasteiger partial charge in [-0.2, -0.15) is 14.9 Å². The molecule has 0 saturated heterocycles. The molecular weight excluding hydrogens is 342 g/mol. The first-order valence-corrected chi connectivity index (χ1v) is 8.41. The first kappa shape index (κ1) is 16.6. The van der Waals surface area contributed by atoms with Crippen LogP contribution in [0.1, 0.15) is 5.69 Å². The Morgan fingerprint density at radius 3 is 2.70 bits per heavy atom. The van der Waals surface area contributed by atoms with Crippen molar-refractivity contribution in [3.63, 3.8) is 0 Å². The summed E-state index contributed by atoms with van der Waals surface area (Å²) in [7, 11) is 0. The molecule has 0 aromatic carbocycles. The van der Waals surface area contributed by atoms with Crippen molar-refractivity contribution in [2.75, 3.05) is 5.32 Å². The number of anilines is 1. The Hall–Kier alpha value is -3.81. The average Bonchev–Trinajstić information content (AvgIpc) is 3.29. The summed E-state index contributed by atoms with van der Waals surface area (Å²) >= 11 is 0. The van der Waals surface area contributed by atoms with E-state index in [-0.39, 0.29) is 12.5 Å². The lowest BCUT2D eigenvalue weighted by Gasteiger charge is -2.08. The van der Waals surface area contributed by atoms with Crippen LogP contribution in [-0.4, -0.2) is 35.4 Å². The van der Waals surface area contributed by atoms with Crippen LogP contribution in [0.5, 0.6) is 0 Å². The Balaban J connectivity index is 1.49. The molecule has 0 spiro atoms. The maximum Gasteiger partial charge on any atom is 0.247 e. The SMILES string of the molecule is Cc1cc(NC(=O)Cn2ccc(-c3ccncc3)n2)n(-c2ccccn2)n1. The molecule has 4 rings (SSSR count). The lowest BCUT2D eigenvalue weighted by Crippen LogP contribution is -2.21. The van der Waals surface area contributed by atoms with E-state index in [2.05, 4.69) is 25.5 Å². The first-order chi connectivity index (χ1) is 13.2. The van der Waals surface area contributed by atoms with Crippen molar-refractivity contribution in [2.45, 2.75) is 13.5 Å². The molecule has 0 aliphatic carbocycles. The second kappa shape index (κ2) is 7.20. The molecule has 0 atom stereocenters. The second-order valence-corrected chi connectivity index (χ2v) is 5.95. The molecule has 27 heavy (non-hydrogen) atoms. The van der Waals surface area contributed by atoms with Gasteiger partial charge in [-0.1, -0.05) is 6.07 Å². The number of aryl methyl sites for hydroxylation is 1. The minimum absolute atomic E-state index is 0.0948. The molecule has 1 amide bonds. The summed E-state index contributed by atoms with van der Waals surface area (Å²) in [4.78, 5) is 20.8. The van der Waals surface area contributed by atoms with Gasteiger partial charge in [0.25, 0.3) is 0 Å². The monoisotopic (exact) mass is 359 g/mol. The largest absolute Gasteiger partial charge is 0.309 e. The maximum atomic E-state index is 12.5. The third kappa shape index (κ3) is 3.74. The highest BCUT2D eigenvalue weighted by molar-refractivity contribution is 5.90. The van der Waals surface area contributed by atoms with Crippen molar-refractivity contribution in [1.29, 1.82) is 0 Å². The molecule has 4 heterocycles. The molecule has 8 heteroatoms. The van der Waals surface area contributed by atoms with Crippen molar-refractivity contribution in [2.24, 2.45) is 0 Å². The lowest BCUT2D eigenvalue weighted by molar-refractivity contribution is -0.116. The van der Waals surface area contributed by atoms with Crippen LogP contribution in [0, 0.1) is 6.92 Å². The molecule has 0 unspecified atom stereocenters. The highest BCUT2D eigenvalue weighted by Gasteiger charge is 2.12. The number of rotatable bonds is 5.